The molecule has 2 N–H and O–H groups in total. The average molecular weight is 311 g/mol. The molecule has 1 saturated carbocycles. The van der Waals surface area contributed by atoms with Crippen LogP contribution in [0.5, 0.6) is 0 Å². The molecule has 1 fully saturated rings. The van der Waals surface area contributed by atoms with Gasteiger partial charge in [-0.05, 0) is 59.7 Å². The zero-order valence-electron chi connectivity index (χ0n) is 11.9. The van der Waals surface area contributed by atoms with Gasteiger partial charge in [0.15, 0.2) is 0 Å². The molecule has 1 aliphatic rings. The van der Waals surface area contributed by atoms with Crippen molar-refractivity contribution in [2.24, 2.45) is 5.41 Å². The molecule has 0 bridgehead atoms. The molecule has 2 rings (SSSR count). The number of benzene rings is 1. The van der Waals surface area contributed by atoms with Gasteiger partial charge in [0.2, 0.25) is 0 Å². The Morgan fingerprint density at radius 3 is 2.20 bits per heavy atom. The minimum absolute atomic E-state index is 0. The molecule has 0 aromatic heterocycles. The molecule has 110 valence electrons. The van der Waals surface area contributed by atoms with Gasteiger partial charge in [0.1, 0.15) is 0 Å². The Morgan fingerprint density at radius 2 is 1.75 bits per heavy atom. The first-order chi connectivity index (χ1) is 9.13. The third kappa shape index (κ3) is 4.87. The van der Waals surface area contributed by atoms with Crippen LogP contribution in [0, 0.1) is 5.41 Å². The van der Waals surface area contributed by atoms with Gasteiger partial charge in [-0.2, -0.15) is 0 Å². The van der Waals surface area contributed by atoms with Crippen LogP contribution in [0.1, 0.15) is 30.4 Å². The molecule has 1 aliphatic carbocycles. The summed E-state index contributed by atoms with van der Waals surface area (Å²) in [6, 6.07) is 8.24. The van der Waals surface area contributed by atoms with E-state index in [2.05, 4.69) is 16.9 Å². The van der Waals surface area contributed by atoms with Gasteiger partial charge in [-0.3, -0.25) is 0 Å². The molecule has 0 radical (unpaired) electrons. The number of rotatable bonds is 7. The third-order valence-corrected chi connectivity index (χ3v) is 4.36. The van der Waals surface area contributed by atoms with Gasteiger partial charge in [-0.15, -0.1) is 0 Å². The Hall–Kier alpha value is -0.378. The van der Waals surface area contributed by atoms with Crippen LogP contribution in [0.3, 0.4) is 0 Å². The van der Waals surface area contributed by atoms with Crippen LogP contribution in [0.25, 0.3) is 0 Å². The van der Waals surface area contributed by atoms with Crippen LogP contribution in [-0.2, 0) is 32.1 Å². The summed E-state index contributed by atoms with van der Waals surface area (Å²) in [5, 5.41) is 8.88. The molecular formula is C14H22AlNO3S. The van der Waals surface area contributed by atoms with E-state index in [1.165, 1.54) is 12.0 Å². The normalized spacial score (nSPS) is 16.5. The van der Waals surface area contributed by atoms with E-state index in [1.54, 1.807) is 0 Å². The van der Waals surface area contributed by atoms with Crippen LogP contribution in [0.15, 0.2) is 24.3 Å². The summed E-state index contributed by atoms with van der Waals surface area (Å²) in [5.41, 5.74) is 2.46. The summed E-state index contributed by atoms with van der Waals surface area (Å²) in [5.74, 6) is 0. The van der Waals surface area contributed by atoms with Crippen LogP contribution in [0.4, 0.5) is 0 Å². The van der Waals surface area contributed by atoms with Crippen molar-refractivity contribution in [1.82, 2.24) is 4.72 Å². The molecule has 0 saturated heterocycles. The van der Waals surface area contributed by atoms with Crippen molar-refractivity contribution in [2.45, 2.75) is 32.1 Å². The van der Waals surface area contributed by atoms with Gasteiger partial charge < -0.3 is 18.2 Å². The van der Waals surface area contributed by atoms with Crippen LogP contribution >= 0.6 is 0 Å². The van der Waals surface area contributed by atoms with Crippen molar-refractivity contribution in [3.63, 3.8) is 0 Å². The molecule has 0 heterocycles. The Morgan fingerprint density at radius 1 is 1.15 bits per heavy atom. The van der Waals surface area contributed by atoms with Crippen molar-refractivity contribution in [3.05, 3.63) is 35.4 Å². The zero-order chi connectivity index (χ0) is 13.7. The third-order valence-electron chi connectivity index (χ3n) is 3.98. The number of aliphatic hydroxyl groups excluding tert-OH is 1. The van der Waals surface area contributed by atoms with E-state index in [1.807, 2.05) is 12.1 Å². The van der Waals surface area contributed by atoms with Crippen molar-refractivity contribution in [2.75, 3.05) is 13.2 Å². The predicted octanol–water partition coefficient (Wildman–Crippen LogP) is 0.832. The van der Waals surface area contributed by atoms with E-state index in [0.29, 0.717) is 13.0 Å². The topological polar surface area (TPSA) is 66.4 Å². The summed E-state index contributed by atoms with van der Waals surface area (Å²) in [6.07, 6.45) is 4.93. The van der Waals surface area contributed by atoms with Crippen molar-refractivity contribution >= 4 is 28.3 Å². The first-order valence-electron chi connectivity index (χ1n) is 6.65. The summed E-state index contributed by atoms with van der Waals surface area (Å²) in [6.45, 7) is 0.698. The van der Waals surface area contributed by atoms with E-state index in [9.17, 15) is 8.42 Å². The average Bonchev–Trinajstić information content (AvgIpc) is 2.35. The molecular weight excluding hydrogens is 289 g/mol. The second-order valence-electron chi connectivity index (χ2n) is 5.38. The van der Waals surface area contributed by atoms with E-state index in [4.69, 9.17) is 5.11 Å². The minimum atomic E-state index is -2.17. The molecule has 0 spiro atoms. The van der Waals surface area contributed by atoms with Crippen LogP contribution in [0.2, 0.25) is 0 Å². The van der Waals surface area contributed by atoms with Crippen molar-refractivity contribution in [3.8, 4) is 0 Å². The fourth-order valence-corrected chi connectivity index (χ4v) is 3.11. The Labute approximate surface area is 132 Å². The number of hydrogen-bond acceptors (Lipinski definition) is 4. The van der Waals surface area contributed by atoms with E-state index < -0.39 is 10.9 Å². The summed E-state index contributed by atoms with van der Waals surface area (Å²) >= 11 is 0. The van der Waals surface area contributed by atoms with Gasteiger partial charge in [-0.1, -0.05) is 30.7 Å². The standard InChI is InChI=1S/C14H20NO3S.Al.2H/c16-9-6-12-2-4-13(5-3-12)10-14(7-1-8-14)11-15-19(17)18;;;/h2-5,16H,1,6-11H2,(H,15,17,18);;;/q-1;+1;;. The Balaban J connectivity index is 0.00000200. The molecule has 0 amide bonds. The quantitative estimate of drug-likeness (QED) is 0.579. The second-order valence-corrected chi connectivity index (χ2v) is 6.13. The zero-order valence-corrected chi connectivity index (χ0v) is 14.7. The Kier molecular flexibility index (Phi) is 7.21. The number of aliphatic hydroxyl groups is 1. The van der Waals surface area contributed by atoms with Gasteiger partial charge in [0, 0.05) is 6.61 Å². The van der Waals surface area contributed by atoms with Crippen LogP contribution < -0.4 is 4.72 Å². The molecule has 20 heavy (non-hydrogen) atoms. The first-order valence-corrected chi connectivity index (χ1v) is 7.72. The SMILES string of the molecule is O=[S-](=O)NCC1(Cc2ccc(CCO)cc2)CCC1.[AlH2+]. The summed E-state index contributed by atoms with van der Waals surface area (Å²) in [7, 11) is -2.17. The maximum atomic E-state index is 10.6. The van der Waals surface area contributed by atoms with Crippen molar-refractivity contribution in [1.29, 1.82) is 0 Å². The van der Waals surface area contributed by atoms with Gasteiger partial charge >= 0.3 is 17.4 Å². The van der Waals surface area contributed by atoms with Gasteiger partial charge in [0.25, 0.3) is 0 Å². The summed E-state index contributed by atoms with van der Waals surface area (Å²) < 4.78 is 23.8. The maximum absolute atomic E-state index is 10.6. The van der Waals surface area contributed by atoms with E-state index in [-0.39, 0.29) is 29.4 Å². The monoisotopic (exact) mass is 311 g/mol. The fourth-order valence-electron chi connectivity index (χ4n) is 2.69. The first kappa shape index (κ1) is 17.7. The number of nitrogens with one attached hydrogen (secondary N) is 1. The van der Waals surface area contributed by atoms with Gasteiger partial charge in [0.05, 0.1) is 0 Å². The molecule has 4 nitrogen and oxygen atoms in total. The predicted molar refractivity (Wildman–Crippen MR) is 82.5 cm³/mol. The Bertz CT molecular complexity index is 476. The van der Waals surface area contributed by atoms with E-state index >= 15 is 0 Å². The fraction of sp³-hybridized carbons (Fsp3) is 0.571. The van der Waals surface area contributed by atoms with Crippen molar-refractivity contribution < 1.29 is 13.5 Å². The molecule has 1 aromatic carbocycles. The molecule has 0 aliphatic heterocycles. The summed E-state index contributed by atoms with van der Waals surface area (Å²) in [4.78, 5) is 0. The van der Waals surface area contributed by atoms with E-state index in [0.717, 1.165) is 24.8 Å². The van der Waals surface area contributed by atoms with Crippen LogP contribution in [-0.4, -0.2) is 35.6 Å². The molecule has 0 atom stereocenters. The second kappa shape index (κ2) is 8.16. The molecule has 1 aromatic rings. The van der Waals surface area contributed by atoms with Gasteiger partial charge in [-0.25, -0.2) is 0 Å². The molecule has 0 unspecified atom stereocenters. The molecule has 6 heteroatoms. The number of hydrogen-bond donors (Lipinski definition) is 2.